The van der Waals surface area contributed by atoms with Crippen LogP contribution in [0.4, 0.5) is 4.79 Å². The summed E-state index contributed by atoms with van der Waals surface area (Å²) >= 11 is 5.44. The van der Waals surface area contributed by atoms with Crippen molar-refractivity contribution in [2.45, 2.75) is 31.7 Å². The molecule has 3 aliphatic rings. The van der Waals surface area contributed by atoms with Gasteiger partial charge in [0, 0.05) is 12.6 Å². The summed E-state index contributed by atoms with van der Waals surface area (Å²) < 4.78 is 0. The summed E-state index contributed by atoms with van der Waals surface area (Å²) in [5, 5.41) is -0.251. The Hall–Kier alpha value is -0.240. The van der Waals surface area contributed by atoms with Crippen LogP contribution in [0.1, 0.15) is 25.7 Å². The van der Waals surface area contributed by atoms with Crippen molar-refractivity contribution in [1.82, 2.24) is 4.90 Å². The van der Waals surface area contributed by atoms with E-state index in [1.807, 2.05) is 4.90 Å². The van der Waals surface area contributed by atoms with E-state index >= 15 is 0 Å². The highest BCUT2D eigenvalue weighted by molar-refractivity contribution is 6.62. The van der Waals surface area contributed by atoms with Crippen LogP contribution in [-0.2, 0) is 0 Å². The largest absolute Gasteiger partial charge is 0.326 e. The molecule has 3 heteroatoms. The fourth-order valence-corrected chi connectivity index (χ4v) is 2.49. The lowest BCUT2D eigenvalue weighted by atomic mass is 9.80. The molecule has 0 unspecified atom stereocenters. The van der Waals surface area contributed by atoms with E-state index in [2.05, 4.69) is 0 Å². The quantitative estimate of drug-likeness (QED) is 0.406. The number of rotatable bonds is 0. The number of nitrogens with zero attached hydrogens (tertiary/aromatic N) is 1. The lowest BCUT2D eigenvalue weighted by Gasteiger charge is -2.44. The van der Waals surface area contributed by atoms with Gasteiger partial charge < -0.3 is 4.90 Å². The first kappa shape index (κ1) is 7.41. The summed E-state index contributed by atoms with van der Waals surface area (Å²) in [6.45, 7) is 0.910. The van der Waals surface area contributed by atoms with Crippen LogP contribution in [0.3, 0.4) is 0 Å². The van der Waals surface area contributed by atoms with Crippen LogP contribution >= 0.6 is 11.6 Å². The molecule has 0 atom stereocenters. The maximum Gasteiger partial charge on any atom is 0.316 e. The van der Waals surface area contributed by atoms with Crippen molar-refractivity contribution in [2.24, 2.45) is 5.92 Å². The minimum atomic E-state index is -0.251. The zero-order valence-electron chi connectivity index (χ0n) is 6.42. The number of carbonyl (C=O) groups is 1. The van der Waals surface area contributed by atoms with Crippen LogP contribution in [0, 0.1) is 5.92 Å². The Kier molecular flexibility index (Phi) is 1.80. The molecule has 0 radical (unpaired) electrons. The predicted molar refractivity (Wildman–Crippen MR) is 43.7 cm³/mol. The van der Waals surface area contributed by atoms with Gasteiger partial charge in [-0.1, -0.05) is 0 Å². The van der Waals surface area contributed by atoms with Crippen molar-refractivity contribution in [3.05, 3.63) is 0 Å². The normalized spacial score (nSPS) is 35.9. The average Bonchev–Trinajstić information content (AvgIpc) is 2.06. The Balaban J connectivity index is 2.08. The molecule has 3 rings (SSSR count). The van der Waals surface area contributed by atoms with Gasteiger partial charge in [-0.25, -0.2) is 0 Å². The lowest BCUT2D eigenvalue weighted by Crippen LogP contribution is -2.48. The van der Waals surface area contributed by atoms with Gasteiger partial charge >= 0.3 is 5.37 Å². The third-order valence-electron chi connectivity index (χ3n) is 2.94. The lowest BCUT2D eigenvalue weighted by molar-refractivity contribution is 0.0868. The number of amides is 1. The van der Waals surface area contributed by atoms with Gasteiger partial charge in [-0.05, 0) is 43.2 Å². The van der Waals surface area contributed by atoms with Gasteiger partial charge in [0.05, 0.1) is 0 Å². The SMILES string of the molecule is O=C(Cl)N1CC2CCC1CC2. The molecular weight excluding hydrogens is 162 g/mol. The molecule has 2 bridgehead atoms. The Morgan fingerprint density at radius 3 is 2.18 bits per heavy atom. The third-order valence-corrected chi connectivity index (χ3v) is 3.15. The fourth-order valence-electron chi connectivity index (χ4n) is 2.28. The number of halogens is 1. The third kappa shape index (κ3) is 1.24. The summed E-state index contributed by atoms with van der Waals surface area (Å²) in [5.74, 6) is 0.739. The zero-order chi connectivity index (χ0) is 7.84. The minimum Gasteiger partial charge on any atom is -0.326 e. The van der Waals surface area contributed by atoms with E-state index in [1.165, 1.54) is 25.7 Å². The van der Waals surface area contributed by atoms with Crippen LogP contribution in [-0.4, -0.2) is 22.9 Å². The maximum atomic E-state index is 10.9. The molecule has 2 nitrogen and oxygen atoms in total. The molecule has 0 aromatic carbocycles. The molecule has 1 saturated carbocycles. The van der Waals surface area contributed by atoms with Gasteiger partial charge in [0.25, 0.3) is 0 Å². The minimum absolute atomic E-state index is 0.251. The average molecular weight is 174 g/mol. The number of piperidine rings is 2. The van der Waals surface area contributed by atoms with Crippen molar-refractivity contribution in [3.8, 4) is 0 Å². The molecule has 1 amide bonds. The molecule has 1 aliphatic carbocycles. The predicted octanol–water partition coefficient (Wildman–Crippen LogP) is 2.22. The standard InChI is InChI=1S/C8H12ClNO/c9-8(11)10-5-6-1-3-7(10)4-2-6/h6-7H,1-5H2. The zero-order valence-corrected chi connectivity index (χ0v) is 7.18. The Labute approximate surface area is 71.5 Å². The van der Waals surface area contributed by atoms with Crippen LogP contribution in [0.2, 0.25) is 0 Å². The summed E-state index contributed by atoms with van der Waals surface area (Å²) in [6, 6.07) is 0.463. The van der Waals surface area contributed by atoms with E-state index in [1.54, 1.807) is 0 Å². The van der Waals surface area contributed by atoms with E-state index in [9.17, 15) is 4.79 Å². The highest BCUT2D eigenvalue weighted by atomic mass is 35.5. The Bertz CT molecular complexity index is 175. The molecule has 62 valence electrons. The molecule has 2 aliphatic heterocycles. The Morgan fingerprint density at radius 1 is 1.27 bits per heavy atom. The molecule has 0 N–H and O–H groups in total. The van der Waals surface area contributed by atoms with E-state index in [0.717, 1.165) is 12.5 Å². The first-order valence-corrected chi connectivity index (χ1v) is 4.61. The second-order valence-corrected chi connectivity index (χ2v) is 3.90. The number of fused-ring (bicyclic) bond motifs is 3. The van der Waals surface area contributed by atoms with Gasteiger partial charge in [-0.3, -0.25) is 4.79 Å². The second kappa shape index (κ2) is 2.67. The maximum absolute atomic E-state index is 10.9. The molecule has 11 heavy (non-hydrogen) atoms. The molecule has 0 spiro atoms. The van der Waals surface area contributed by atoms with Crippen LogP contribution in [0.25, 0.3) is 0 Å². The van der Waals surface area contributed by atoms with Gasteiger partial charge in [0.15, 0.2) is 0 Å². The summed E-state index contributed by atoms with van der Waals surface area (Å²) in [4.78, 5) is 12.7. The fraction of sp³-hybridized carbons (Fsp3) is 0.875. The molecule has 2 heterocycles. The van der Waals surface area contributed by atoms with E-state index < -0.39 is 0 Å². The molecule has 0 aromatic heterocycles. The van der Waals surface area contributed by atoms with Crippen LogP contribution < -0.4 is 0 Å². The van der Waals surface area contributed by atoms with Crippen molar-refractivity contribution in [3.63, 3.8) is 0 Å². The topological polar surface area (TPSA) is 20.3 Å². The van der Waals surface area contributed by atoms with Gasteiger partial charge in [-0.2, -0.15) is 0 Å². The summed E-state index contributed by atoms with van der Waals surface area (Å²) in [6.07, 6.45) is 4.93. The molecular formula is C8H12ClNO. The molecule has 3 fully saturated rings. The second-order valence-electron chi connectivity index (χ2n) is 3.58. The van der Waals surface area contributed by atoms with Crippen molar-refractivity contribution in [2.75, 3.05) is 6.54 Å². The molecule has 0 aromatic rings. The van der Waals surface area contributed by atoms with E-state index in [4.69, 9.17) is 11.6 Å². The van der Waals surface area contributed by atoms with Crippen molar-refractivity contribution >= 4 is 17.0 Å². The monoisotopic (exact) mass is 173 g/mol. The summed E-state index contributed by atoms with van der Waals surface area (Å²) in [5.41, 5.74) is 0. The summed E-state index contributed by atoms with van der Waals surface area (Å²) in [7, 11) is 0. The number of hydrogen-bond acceptors (Lipinski definition) is 1. The van der Waals surface area contributed by atoms with E-state index in [-0.39, 0.29) is 5.37 Å². The highest BCUT2D eigenvalue weighted by Crippen LogP contribution is 2.35. The van der Waals surface area contributed by atoms with Gasteiger partial charge in [-0.15, -0.1) is 0 Å². The highest BCUT2D eigenvalue weighted by Gasteiger charge is 2.35. The first-order chi connectivity index (χ1) is 5.27. The van der Waals surface area contributed by atoms with E-state index in [0.29, 0.717) is 6.04 Å². The van der Waals surface area contributed by atoms with Crippen LogP contribution in [0.15, 0.2) is 0 Å². The smallest absolute Gasteiger partial charge is 0.316 e. The van der Waals surface area contributed by atoms with Gasteiger partial charge in [0.1, 0.15) is 0 Å². The number of hydrogen-bond donors (Lipinski definition) is 0. The first-order valence-electron chi connectivity index (χ1n) is 4.23. The molecule has 2 saturated heterocycles. The van der Waals surface area contributed by atoms with Crippen LogP contribution in [0.5, 0.6) is 0 Å². The Morgan fingerprint density at radius 2 is 1.91 bits per heavy atom. The number of carbonyl (C=O) groups excluding carboxylic acids is 1. The van der Waals surface area contributed by atoms with Gasteiger partial charge in [0.2, 0.25) is 0 Å². The van der Waals surface area contributed by atoms with Crippen molar-refractivity contribution < 1.29 is 4.79 Å². The van der Waals surface area contributed by atoms with Crippen molar-refractivity contribution in [1.29, 1.82) is 0 Å².